The standard InChI is InChI=1S/C16H14F2N4O2/c17-11-4-1-5-12(18)15(11)21-16(23)19-10-13(14-6-2-9-24-14)22-8-3-7-20-22/h1-9,13H,10H2,(H2,19,21,23)/t13-/m0/s1. The lowest BCUT2D eigenvalue weighted by Gasteiger charge is -2.16. The minimum Gasteiger partial charge on any atom is -0.467 e. The number of urea groups is 1. The number of carbonyl (C=O) groups excluding carboxylic acids is 1. The van der Waals surface area contributed by atoms with Crippen LogP contribution in [0.15, 0.2) is 59.5 Å². The normalized spacial score (nSPS) is 11.9. The maximum absolute atomic E-state index is 13.5. The molecular formula is C16H14F2N4O2. The molecule has 2 aromatic heterocycles. The van der Waals surface area contributed by atoms with Crippen molar-refractivity contribution in [1.82, 2.24) is 15.1 Å². The van der Waals surface area contributed by atoms with Gasteiger partial charge >= 0.3 is 6.03 Å². The second-order valence-corrected chi connectivity index (χ2v) is 4.95. The Kier molecular flexibility index (Phi) is 4.55. The predicted molar refractivity (Wildman–Crippen MR) is 82.5 cm³/mol. The molecular weight excluding hydrogens is 318 g/mol. The molecule has 8 heteroatoms. The van der Waals surface area contributed by atoms with Gasteiger partial charge in [0.05, 0.1) is 6.26 Å². The second kappa shape index (κ2) is 6.95. The van der Waals surface area contributed by atoms with Gasteiger partial charge in [0.2, 0.25) is 0 Å². The molecule has 0 saturated heterocycles. The molecule has 0 spiro atoms. The van der Waals surface area contributed by atoms with Crippen LogP contribution < -0.4 is 10.6 Å². The lowest BCUT2D eigenvalue weighted by molar-refractivity contribution is 0.249. The first-order valence-corrected chi connectivity index (χ1v) is 7.16. The Bertz CT molecular complexity index is 749. The van der Waals surface area contributed by atoms with Crippen molar-refractivity contribution in [2.75, 3.05) is 11.9 Å². The van der Waals surface area contributed by atoms with Crippen LogP contribution in [0.4, 0.5) is 19.3 Å². The summed E-state index contributed by atoms with van der Waals surface area (Å²) in [6.07, 6.45) is 4.84. The third kappa shape index (κ3) is 3.43. The SMILES string of the molecule is O=C(NC[C@@H](c1ccco1)n1cccn1)Nc1c(F)cccc1F. The third-order valence-electron chi connectivity index (χ3n) is 3.37. The van der Waals surface area contributed by atoms with Crippen LogP contribution >= 0.6 is 0 Å². The molecule has 2 N–H and O–H groups in total. The molecule has 24 heavy (non-hydrogen) atoms. The number of nitrogens with one attached hydrogen (secondary N) is 2. The van der Waals surface area contributed by atoms with Gasteiger partial charge in [0.1, 0.15) is 29.1 Å². The van der Waals surface area contributed by atoms with Crippen molar-refractivity contribution in [2.24, 2.45) is 0 Å². The Balaban J connectivity index is 1.68. The molecule has 1 aromatic carbocycles. The average Bonchev–Trinajstić information content (AvgIpc) is 3.25. The summed E-state index contributed by atoms with van der Waals surface area (Å²) >= 11 is 0. The summed E-state index contributed by atoms with van der Waals surface area (Å²) in [6, 6.07) is 7.45. The third-order valence-corrected chi connectivity index (χ3v) is 3.37. The van der Waals surface area contributed by atoms with E-state index in [9.17, 15) is 13.6 Å². The maximum atomic E-state index is 13.5. The van der Waals surface area contributed by atoms with Crippen molar-refractivity contribution < 1.29 is 18.0 Å². The van der Waals surface area contributed by atoms with Crippen molar-refractivity contribution >= 4 is 11.7 Å². The van der Waals surface area contributed by atoms with Gasteiger partial charge < -0.3 is 15.1 Å². The molecule has 2 heterocycles. The fourth-order valence-corrected chi connectivity index (χ4v) is 2.23. The Morgan fingerprint density at radius 2 is 2.00 bits per heavy atom. The van der Waals surface area contributed by atoms with Crippen LogP contribution in [0.2, 0.25) is 0 Å². The van der Waals surface area contributed by atoms with Crippen molar-refractivity contribution in [3.63, 3.8) is 0 Å². The molecule has 1 atom stereocenters. The number of furan rings is 1. The summed E-state index contributed by atoms with van der Waals surface area (Å²) in [5, 5.41) is 8.85. The Hall–Kier alpha value is -3.16. The van der Waals surface area contributed by atoms with E-state index in [1.165, 1.54) is 12.3 Å². The Morgan fingerprint density at radius 1 is 1.21 bits per heavy atom. The van der Waals surface area contributed by atoms with E-state index in [0.29, 0.717) is 5.76 Å². The molecule has 0 fully saturated rings. The zero-order chi connectivity index (χ0) is 16.9. The Morgan fingerprint density at radius 3 is 2.62 bits per heavy atom. The molecule has 3 rings (SSSR count). The molecule has 0 aliphatic carbocycles. The van der Waals surface area contributed by atoms with Gasteiger partial charge in [-0.15, -0.1) is 0 Å². The zero-order valence-electron chi connectivity index (χ0n) is 12.4. The quantitative estimate of drug-likeness (QED) is 0.754. The molecule has 124 valence electrons. The first-order chi connectivity index (χ1) is 11.6. The van der Waals surface area contributed by atoms with Gasteiger partial charge in [-0.05, 0) is 30.3 Å². The average molecular weight is 332 g/mol. The first-order valence-electron chi connectivity index (χ1n) is 7.16. The van der Waals surface area contributed by atoms with E-state index >= 15 is 0 Å². The number of aromatic nitrogens is 2. The number of benzene rings is 1. The highest BCUT2D eigenvalue weighted by Crippen LogP contribution is 2.19. The van der Waals surface area contributed by atoms with E-state index in [1.807, 2.05) is 0 Å². The molecule has 3 aromatic rings. The van der Waals surface area contributed by atoms with E-state index in [-0.39, 0.29) is 12.6 Å². The van der Waals surface area contributed by atoms with Crippen LogP contribution in [0.5, 0.6) is 0 Å². The van der Waals surface area contributed by atoms with Gasteiger partial charge in [0.25, 0.3) is 0 Å². The Labute approximate surface area is 136 Å². The molecule has 0 unspecified atom stereocenters. The topological polar surface area (TPSA) is 72.1 Å². The number of nitrogens with zero attached hydrogens (tertiary/aromatic N) is 2. The van der Waals surface area contributed by atoms with E-state index in [0.717, 1.165) is 12.1 Å². The highest BCUT2D eigenvalue weighted by atomic mass is 19.1. The summed E-state index contributed by atoms with van der Waals surface area (Å²) in [5.41, 5.74) is -0.497. The van der Waals surface area contributed by atoms with Crippen LogP contribution in [0.1, 0.15) is 11.8 Å². The number of halogens is 2. The molecule has 6 nitrogen and oxygen atoms in total. The summed E-state index contributed by atoms with van der Waals surface area (Å²) in [6.45, 7) is 0.122. The summed E-state index contributed by atoms with van der Waals surface area (Å²) in [7, 11) is 0. The van der Waals surface area contributed by atoms with Crippen molar-refractivity contribution in [3.05, 3.63) is 72.4 Å². The van der Waals surface area contributed by atoms with Crippen molar-refractivity contribution in [2.45, 2.75) is 6.04 Å². The summed E-state index contributed by atoms with van der Waals surface area (Å²) < 4.78 is 34.1. The smallest absolute Gasteiger partial charge is 0.319 e. The molecule has 0 radical (unpaired) electrons. The molecule has 2 amide bonds. The van der Waals surface area contributed by atoms with Gasteiger partial charge in [-0.1, -0.05) is 6.07 Å². The number of anilines is 1. The van der Waals surface area contributed by atoms with Crippen LogP contribution in [-0.2, 0) is 0 Å². The first kappa shape index (κ1) is 15.7. The number of para-hydroxylation sites is 1. The van der Waals surface area contributed by atoms with Gasteiger partial charge in [0, 0.05) is 18.9 Å². The molecule has 0 bridgehead atoms. The largest absolute Gasteiger partial charge is 0.467 e. The van der Waals surface area contributed by atoms with Crippen molar-refractivity contribution in [3.8, 4) is 0 Å². The van der Waals surface area contributed by atoms with Crippen LogP contribution in [0, 0.1) is 11.6 Å². The van der Waals surface area contributed by atoms with Gasteiger partial charge in [-0.3, -0.25) is 4.68 Å². The maximum Gasteiger partial charge on any atom is 0.319 e. The lowest BCUT2D eigenvalue weighted by atomic mass is 10.2. The highest BCUT2D eigenvalue weighted by molar-refractivity contribution is 5.89. The number of hydrogen-bond donors (Lipinski definition) is 2. The van der Waals surface area contributed by atoms with Gasteiger partial charge in [-0.25, -0.2) is 13.6 Å². The predicted octanol–water partition coefficient (Wildman–Crippen LogP) is 3.17. The number of rotatable bonds is 5. The minimum absolute atomic E-state index is 0.122. The van der Waals surface area contributed by atoms with Gasteiger partial charge in [-0.2, -0.15) is 5.10 Å². The zero-order valence-corrected chi connectivity index (χ0v) is 12.4. The number of hydrogen-bond acceptors (Lipinski definition) is 3. The van der Waals surface area contributed by atoms with E-state index in [1.54, 1.807) is 35.3 Å². The summed E-state index contributed by atoms with van der Waals surface area (Å²) in [5.74, 6) is -1.10. The molecule has 0 aliphatic heterocycles. The molecule has 0 saturated carbocycles. The van der Waals surface area contributed by atoms with E-state index in [4.69, 9.17) is 4.42 Å². The lowest BCUT2D eigenvalue weighted by Crippen LogP contribution is -2.35. The fraction of sp³-hybridized carbons (Fsp3) is 0.125. The summed E-state index contributed by atoms with van der Waals surface area (Å²) in [4.78, 5) is 11.9. The highest BCUT2D eigenvalue weighted by Gasteiger charge is 2.19. The fourth-order valence-electron chi connectivity index (χ4n) is 2.23. The van der Waals surface area contributed by atoms with E-state index in [2.05, 4.69) is 15.7 Å². The minimum atomic E-state index is -0.847. The monoisotopic (exact) mass is 332 g/mol. The van der Waals surface area contributed by atoms with Crippen LogP contribution in [0.25, 0.3) is 0 Å². The van der Waals surface area contributed by atoms with Crippen LogP contribution in [0.3, 0.4) is 0 Å². The molecule has 0 aliphatic rings. The van der Waals surface area contributed by atoms with E-state index < -0.39 is 23.4 Å². The second-order valence-electron chi connectivity index (χ2n) is 4.95. The van der Waals surface area contributed by atoms with Crippen LogP contribution in [-0.4, -0.2) is 22.4 Å². The number of amides is 2. The number of carbonyl (C=O) groups is 1. The van der Waals surface area contributed by atoms with Gasteiger partial charge in [0.15, 0.2) is 0 Å². The van der Waals surface area contributed by atoms with Crippen molar-refractivity contribution in [1.29, 1.82) is 0 Å².